The van der Waals surface area contributed by atoms with Gasteiger partial charge in [-0.1, -0.05) is 48.5 Å². The molecule has 0 N–H and O–H groups in total. The smallest absolute Gasteiger partial charge is 0.263 e. The third-order valence-electron chi connectivity index (χ3n) is 6.05. The monoisotopic (exact) mass is 417 g/mol. The summed E-state index contributed by atoms with van der Waals surface area (Å²) in [5.41, 5.74) is 4.14. The lowest BCUT2D eigenvalue weighted by molar-refractivity contribution is 0.533. The molecule has 6 nitrogen and oxygen atoms in total. The summed E-state index contributed by atoms with van der Waals surface area (Å²) >= 11 is 0. The predicted molar refractivity (Wildman–Crippen MR) is 123 cm³/mol. The van der Waals surface area contributed by atoms with Gasteiger partial charge in [0.15, 0.2) is 5.58 Å². The zero-order chi connectivity index (χ0) is 21.4. The van der Waals surface area contributed by atoms with Crippen LogP contribution in [0.5, 0.6) is 0 Å². The van der Waals surface area contributed by atoms with Crippen LogP contribution in [0.2, 0.25) is 0 Å². The van der Waals surface area contributed by atoms with Gasteiger partial charge in [0.2, 0.25) is 11.8 Å². The number of benzene rings is 3. The zero-order valence-electron chi connectivity index (χ0n) is 17.0. The third-order valence-corrected chi connectivity index (χ3v) is 6.05. The molecular weight excluding hydrogens is 402 g/mol. The molecule has 6 heteroatoms. The molecule has 4 aromatic heterocycles. The van der Waals surface area contributed by atoms with E-state index in [-0.39, 0.29) is 5.56 Å². The summed E-state index contributed by atoms with van der Waals surface area (Å²) in [6, 6.07) is 23.4. The number of fused-ring (bicyclic) bond motifs is 5. The largest absolute Gasteiger partial charge is 0.453 e. The van der Waals surface area contributed by atoms with Crippen molar-refractivity contribution in [2.24, 2.45) is 0 Å². The van der Waals surface area contributed by atoms with E-state index in [9.17, 15) is 4.79 Å². The molecule has 3 aromatic carbocycles. The maximum atomic E-state index is 13.4. The summed E-state index contributed by atoms with van der Waals surface area (Å²) in [4.78, 5) is 13.4. The molecule has 0 bridgehead atoms. The van der Waals surface area contributed by atoms with E-state index in [0.29, 0.717) is 17.2 Å². The number of pyridine rings is 1. The van der Waals surface area contributed by atoms with Crippen LogP contribution < -0.4 is 5.56 Å². The van der Waals surface area contributed by atoms with E-state index in [1.807, 2.05) is 72.8 Å². The Morgan fingerprint density at radius 2 is 1.44 bits per heavy atom. The standard InChI is InChI=1S/C26H15N3O3/c1-14-27-28-25(31-14)16-12-10-15(11-13-16)23-21-19-8-4-5-9-20(19)29-22(21)24(32-23)17-6-2-3-7-18(17)26(29)30/h2-13H,1H3. The van der Waals surface area contributed by atoms with Crippen LogP contribution in [-0.4, -0.2) is 14.6 Å². The Kier molecular flexibility index (Phi) is 3.26. The first-order valence-corrected chi connectivity index (χ1v) is 10.3. The summed E-state index contributed by atoms with van der Waals surface area (Å²) in [5, 5.41) is 11.4. The lowest BCUT2D eigenvalue weighted by Crippen LogP contribution is -2.12. The van der Waals surface area contributed by atoms with Gasteiger partial charge in [-0.3, -0.25) is 9.20 Å². The first-order chi connectivity index (χ1) is 15.7. The van der Waals surface area contributed by atoms with Crippen molar-refractivity contribution in [3.05, 3.63) is 89.0 Å². The minimum absolute atomic E-state index is 0.0336. The normalized spacial score (nSPS) is 12.0. The van der Waals surface area contributed by atoms with Gasteiger partial charge in [-0.2, -0.15) is 0 Å². The Morgan fingerprint density at radius 1 is 0.750 bits per heavy atom. The molecular formula is C26H15N3O3. The second-order valence-electron chi connectivity index (χ2n) is 7.89. The number of aromatic nitrogens is 3. The number of aryl methyl sites for hydroxylation is 1. The van der Waals surface area contributed by atoms with E-state index in [2.05, 4.69) is 10.2 Å². The minimum Gasteiger partial charge on any atom is -0.453 e. The van der Waals surface area contributed by atoms with E-state index in [1.54, 1.807) is 11.3 Å². The number of furan rings is 1. The highest BCUT2D eigenvalue weighted by Crippen LogP contribution is 2.43. The number of rotatable bonds is 2. The maximum absolute atomic E-state index is 13.4. The van der Waals surface area contributed by atoms with Gasteiger partial charge >= 0.3 is 0 Å². The highest BCUT2D eigenvalue weighted by atomic mass is 16.4. The molecule has 0 amide bonds. The zero-order valence-corrected chi connectivity index (χ0v) is 17.0. The van der Waals surface area contributed by atoms with Crippen LogP contribution in [0.1, 0.15) is 5.89 Å². The fourth-order valence-electron chi connectivity index (χ4n) is 4.65. The van der Waals surface area contributed by atoms with Gasteiger partial charge in [-0.15, -0.1) is 10.2 Å². The van der Waals surface area contributed by atoms with Crippen molar-refractivity contribution in [3.63, 3.8) is 0 Å². The highest BCUT2D eigenvalue weighted by molar-refractivity contribution is 6.22. The van der Waals surface area contributed by atoms with E-state index in [0.717, 1.165) is 49.7 Å². The first kappa shape index (κ1) is 17.3. The molecule has 0 fully saturated rings. The molecule has 0 spiro atoms. The maximum Gasteiger partial charge on any atom is 0.263 e. The molecule has 0 aliphatic heterocycles. The molecule has 0 radical (unpaired) electrons. The van der Waals surface area contributed by atoms with Gasteiger partial charge < -0.3 is 8.83 Å². The van der Waals surface area contributed by atoms with Crippen LogP contribution in [0.25, 0.3) is 60.9 Å². The van der Waals surface area contributed by atoms with Crippen LogP contribution in [0.15, 0.2) is 86.4 Å². The molecule has 0 saturated heterocycles. The summed E-state index contributed by atoms with van der Waals surface area (Å²) in [5.74, 6) is 1.74. The molecule has 0 aliphatic rings. The Hall–Kier alpha value is -4.45. The Labute approximate surface area is 180 Å². The Balaban J connectivity index is 1.59. The van der Waals surface area contributed by atoms with E-state index in [4.69, 9.17) is 8.83 Å². The first-order valence-electron chi connectivity index (χ1n) is 10.3. The van der Waals surface area contributed by atoms with Gasteiger partial charge in [0.05, 0.1) is 16.3 Å². The molecule has 152 valence electrons. The third kappa shape index (κ3) is 2.15. The molecule has 0 atom stereocenters. The minimum atomic E-state index is -0.0336. The van der Waals surface area contributed by atoms with Gasteiger partial charge in [0, 0.05) is 28.8 Å². The van der Waals surface area contributed by atoms with E-state index in [1.165, 1.54) is 0 Å². The van der Waals surface area contributed by atoms with Gasteiger partial charge in [-0.25, -0.2) is 0 Å². The van der Waals surface area contributed by atoms with E-state index < -0.39 is 0 Å². The summed E-state index contributed by atoms with van der Waals surface area (Å²) in [6.07, 6.45) is 0. The molecule has 4 heterocycles. The Bertz CT molecular complexity index is 1860. The van der Waals surface area contributed by atoms with Crippen LogP contribution in [0.4, 0.5) is 0 Å². The fourth-order valence-corrected chi connectivity index (χ4v) is 4.65. The SMILES string of the molecule is Cc1nnc(-c2ccc(-c3oc4c5ccccc5c(=O)n5c6ccccc6c3c45)cc2)o1. The predicted octanol–water partition coefficient (Wildman–Crippen LogP) is 5.82. The van der Waals surface area contributed by atoms with Crippen molar-refractivity contribution in [1.82, 2.24) is 14.6 Å². The van der Waals surface area contributed by atoms with Crippen LogP contribution in [0, 0.1) is 6.92 Å². The topological polar surface area (TPSA) is 73.5 Å². The molecule has 7 rings (SSSR count). The van der Waals surface area contributed by atoms with Crippen molar-refractivity contribution in [1.29, 1.82) is 0 Å². The molecule has 7 aromatic rings. The van der Waals surface area contributed by atoms with Crippen LogP contribution in [0.3, 0.4) is 0 Å². The number of hydrogen-bond donors (Lipinski definition) is 0. The second-order valence-corrected chi connectivity index (χ2v) is 7.89. The van der Waals surface area contributed by atoms with E-state index >= 15 is 0 Å². The van der Waals surface area contributed by atoms with Crippen molar-refractivity contribution >= 4 is 38.2 Å². The average molecular weight is 417 g/mol. The van der Waals surface area contributed by atoms with Gasteiger partial charge in [0.25, 0.3) is 5.56 Å². The number of hydrogen-bond acceptors (Lipinski definition) is 5. The quantitative estimate of drug-likeness (QED) is 0.355. The summed E-state index contributed by atoms with van der Waals surface area (Å²) < 4.78 is 13.8. The number of nitrogens with zero attached hydrogens (tertiary/aromatic N) is 3. The lowest BCUT2D eigenvalue weighted by atomic mass is 10.1. The van der Waals surface area contributed by atoms with Crippen molar-refractivity contribution in [2.75, 3.05) is 0 Å². The molecule has 0 aliphatic carbocycles. The average Bonchev–Trinajstić information content (AvgIpc) is 3.52. The summed E-state index contributed by atoms with van der Waals surface area (Å²) in [7, 11) is 0. The molecule has 0 saturated carbocycles. The van der Waals surface area contributed by atoms with Crippen molar-refractivity contribution in [3.8, 4) is 22.8 Å². The van der Waals surface area contributed by atoms with Crippen molar-refractivity contribution in [2.45, 2.75) is 6.92 Å². The van der Waals surface area contributed by atoms with Gasteiger partial charge in [0.1, 0.15) is 11.3 Å². The fraction of sp³-hybridized carbons (Fsp3) is 0.0385. The van der Waals surface area contributed by atoms with Crippen molar-refractivity contribution < 1.29 is 8.83 Å². The molecule has 0 unspecified atom stereocenters. The van der Waals surface area contributed by atoms with Gasteiger partial charge in [-0.05, 0) is 24.3 Å². The molecule has 32 heavy (non-hydrogen) atoms. The van der Waals surface area contributed by atoms with Crippen LogP contribution in [-0.2, 0) is 0 Å². The lowest BCUT2D eigenvalue weighted by Gasteiger charge is -2.03. The number of para-hydroxylation sites is 1. The summed E-state index contributed by atoms with van der Waals surface area (Å²) in [6.45, 7) is 1.77. The highest BCUT2D eigenvalue weighted by Gasteiger charge is 2.24. The van der Waals surface area contributed by atoms with Crippen LogP contribution >= 0.6 is 0 Å². The Morgan fingerprint density at radius 3 is 2.19 bits per heavy atom. The second kappa shape index (κ2) is 6.04.